The molecule has 3 aliphatic heterocycles. The molecule has 6 heterocycles. The summed E-state index contributed by atoms with van der Waals surface area (Å²) in [6, 6.07) is 82.4. The van der Waals surface area contributed by atoms with Gasteiger partial charge in [-0.1, -0.05) is 140 Å². The molecule has 0 bridgehead atoms. The quantitative estimate of drug-likeness (QED) is 0.161. The van der Waals surface area contributed by atoms with E-state index in [9.17, 15) is 0 Å². The second-order valence-corrected chi connectivity index (χ2v) is 19.5. The predicted molar refractivity (Wildman–Crippen MR) is 291 cm³/mol. The van der Waals surface area contributed by atoms with Crippen LogP contribution in [0.5, 0.6) is 0 Å². The molecule has 7 heteroatoms. The fraction of sp³-hybridized carbons (Fsp3) is 0. The van der Waals surface area contributed by atoms with Crippen LogP contribution in [0.1, 0.15) is 0 Å². The molecule has 10 aromatic carbocycles. The first-order valence-corrected chi connectivity index (χ1v) is 24.4. The van der Waals surface area contributed by atoms with E-state index in [2.05, 4.69) is 244 Å². The summed E-state index contributed by atoms with van der Waals surface area (Å²) in [5, 5.41) is 6.13. The molecule has 0 saturated heterocycles. The van der Waals surface area contributed by atoms with Gasteiger partial charge in [0, 0.05) is 64.8 Å². The molecule has 0 N–H and O–H groups in total. The van der Waals surface area contributed by atoms with Crippen molar-refractivity contribution in [2.75, 3.05) is 14.7 Å². The molecule has 16 rings (SSSR count). The Morgan fingerprint density at radius 2 is 1.09 bits per heavy atom. The minimum Gasteiger partial charge on any atom is -0.468 e. The molecule has 0 fully saturated rings. The molecule has 0 amide bonds. The van der Waals surface area contributed by atoms with Crippen molar-refractivity contribution < 1.29 is 4.42 Å². The average Bonchev–Trinajstić information content (AvgIpc) is 4.09. The summed E-state index contributed by atoms with van der Waals surface area (Å²) in [7, 11) is 0. The summed E-state index contributed by atoms with van der Waals surface area (Å²) in [6.45, 7) is -0.216. The van der Waals surface area contributed by atoms with Crippen molar-refractivity contribution in [1.82, 2.24) is 4.57 Å². The Morgan fingerprint density at radius 3 is 1.90 bits per heavy atom. The monoisotopic (exact) mass is 896 g/mol. The van der Waals surface area contributed by atoms with Crippen LogP contribution < -0.4 is 31.3 Å². The second-order valence-electron chi connectivity index (χ2n) is 18.4. The molecule has 0 unspecified atom stereocenters. The van der Waals surface area contributed by atoms with Gasteiger partial charge < -0.3 is 23.7 Å². The standard InChI is InChI=1S/C62H37BN4OS/c1-4-16-38(17-5-1)39-30-33-55-48(34-39)60-62(68-55)63-49-25-15-28-52-61(49)67(51-27-14-24-47-44-22-10-12-26-50(44)66(52)59(47)51)54-36-43(64(40-18-6-2-7-19-40)41-20-8-3-9-21-41)35-53(58(54)63)65(60)42-31-32-46-45-23-11-13-29-56(45)69-57(46)37-42/h1-37H. The number of hydrogen-bond acceptors (Lipinski definition) is 5. The van der Waals surface area contributed by atoms with Crippen molar-refractivity contribution in [3.8, 4) is 16.8 Å². The lowest BCUT2D eigenvalue weighted by Gasteiger charge is -2.45. The summed E-state index contributed by atoms with van der Waals surface area (Å²) >= 11 is 1.86. The van der Waals surface area contributed by atoms with Crippen molar-refractivity contribution in [1.29, 1.82) is 0 Å². The van der Waals surface area contributed by atoms with Gasteiger partial charge in [0.2, 0.25) is 0 Å². The molecule has 69 heavy (non-hydrogen) atoms. The third-order valence-corrected chi connectivity index (χ3v) is 15.9. The molecule has 0 radical (unpaired) electrons. The van der Waals surface area contributed by atoms with Gasteiger partial charge in [0.25, 0.3) is 6.71 Å². The third kappa shape index (κ3) is 5.09. The van der Waals surface area contributed by atoms with E-state index in [4.69, 9.17) is 4.42 Å². The van der Waals surface area contributed by atoms with E-state index in [0.29, 0.717) is 0 Å². The number of hydrogen-bond donors (Lipinski definition) is 0. The van der Waals surface area contributed by atoms with Crippen LogP contribution in [0.2, 0.25) is 0 Å². The molecule has 0 saturated carbocycles. The lowest BCUT2D eigenvalue weighted by molar-refractivity contribution is 0.651. The fourth-order valence-electron chi connectivity index (χ4n) is 12.0. The Hall–Kier alpha value is -8.78. The van der Waals surface area contributed by atoms with Gasteiger partial charge in [-0.15, -0.1) is 11.3 Å². The minimum absolute atomic E-state index is 0.216. The van der Waals surface area contributed by atoms with Crippen LogP contribution in [0, 0.1) is 0 Å². The van der Waals surface area contributed by atoms with E-state index in [-0.39, 0.29) is 6.71 Å². The Kier molecular flexibility index (Phi) is 7.52. The van der Waals surface area contributed by atoms with E-state index in [0.717, 1.165) is 67.7 Å². The van der Waals surface area contributed by atoms with Gasteiger partial charge in [0.1, 0.15) is 5.58 Å². The second kappa shape index (κ2) is 13.9. The van der Waals surface area contributed by atoms with Crippen LogP contribution in [0.4, 0.5) is 51.2 Å². The maximum Gasteiger partial charge on any atom is 0.297 e. The highest BCUT2D eigenvalue weighted by Gasteiger charge is 2.49. The number of anilines is 9. The molecule has 5 nitrogen and oxygen atoms in total. The first-order chi connectivity index (χ1) is 34.2. The average molecular weight is 897 g/mol. The number of nitrogens with zero attached hydrogens (tertiary/aromatic N) is 4. The van der Waals surface area contributed by atoms with E-state index >= 15 is 0 Å². The number of thiophene rings is 1. The van der Waals surface area contributed by atoms with Crippen LogP contribution in [0.3, 0.4) is 0 Å². The smallest absolute Gasteiger partial charge is 0.297 e. The van der Waals surface area contributed by atoms with Crippen molar-refractivity contribution in [3.63, 3.8) is 0 Å². The number of fused-ring (bicyclic) bond motifs is 14. The number of furan rings is 1. The molecule has 3 aromatic heterocycles. The van der Waals surface area contributed by atoms with Crippen molar-refractivity contribution in [3.05, 3.63) is 224 Å². The molecule has 0 atom stereocenters. The highest BCUT2D eigenvalue weighted by atomic mass is 32.1. The predicted octanol–water partition coefficient (Wildman–Crippen LogP) is 15.4. The maximum absolute atomic E-state index is 7.43. The lowest BCUT2D eigenvalue weighted by atomic mass is 9.35. The zero-order valence-electron chi connectivity index (χ0n) is 37.0. The van der Waals surface area contributed by atoms with Crippen LogP contribution in [0.25, 0.3) is 69.8 Å². The lowest BCUT2D eigenvalue weighted by Crippen LogP contribution is -2.61. The van der Waals surface area contributed by atoms with E-state index in [1.165, 1.54) is 69.8 Å². The molecule has 320 valence electrons. The van der Waals surface area contributed by atoms with Gasteiger partial charge in [-0.2, -0.15) is 0 Å². The van der Waals surface area contributed by atoms with Gasteiger partial charge in [0.15, 0.2) is 0 Å². The summed E-state index contributed by atoms with van der Waals surface area (Å²) in [5.74, 6) is 0. The van der Waals surface area contributed by atoms with Crippen LogP contribution in [-0.2, 0) is 0 Å². The Morgan fingerprint density at radius 1 is 0.420 bits per heavy atom. The Bertz CT molecular complexity index is 4250. The van der Waals surface area contributed by atoms with E-state index < -0.39 is 0 Å². The van der Waals surface area contributed by atoms with E-state index in [1.807, 2.05) is 11.3 Å². The van der Waals surface area contributed by atoms with Crippen molar-refractivity contribution >= 4 is 139 Å². The Balaban J connectivity index is 1.07. The minimum atomic E-state index is -0.216. The van der Waals surface area contributed by atoms with E-state index in [1.54, 1.807) is 0 Å². The Labute approximate surface area is 401 Å². The summed E-state index contributed by atoms with van der Waals surface area (Å²) in [5.41, 5.74) is 20.2. The van der Waals surface area contributed by atoms with Gasteiger partial charge in [-0.05, 0) is 107 Å². The normalized spacial score (nSPS) is 13.1. The zero-order valence-corrected chi connectivity index (χ0v) is 37.9. The molecular weight excluding hydrogens is 860 g/mol. The van der Waals surface area contributed by atoms with Gasteiger partial charge >= 0.3 is 0 Å². The first kappa shape index (κ1) is 37.3. The van der Waals surface area contributed by atoms with Gasteiger partial charge in [-0.25, -0.2) is 0 Å². The molecular formula is C62H37BN4OS. The first-order valence-electron chi connectivity index (χ1n) is 23.6. The molecule has 0 aliphatic carbocycles. The number of aromatic nitrogens is 1. The van der Waals surface area contributed by atoms with Gasteiger partial charge in [0.05, 0.1) is 45.1 Å². The topological polar surface area (TPSA) is 27.8 Å². The summed E-state index contributed by atoms with van der Waals surface area (Å²) in [6.07, 6.45) is 0. The number of benzene rings is 10. The summed E-state index contributed by atoms with van der Waals surface area (Å²) in [4.78, 5) is 7.52. The number of para-hydroxylation sites is 5. The van der Waals surface area contributed by atoms with Crippen LogP contribution in [-0.4, -0.2) is 11.3 Å². The summed E-state index contributed by atoms with van der Waals surface area (Å²) < 4.78 is 12.5. The van der Waals surface area contributed by atoms with Crippen LogP contribution in [0.15, 0.2) is 229 Å². The van der Waals surface area contributed by atoms with Crippen molar-refractivity contribution in [2.45, 2.75) is 0 Å². The van der Waals surface area contributed by atoms with Crippen molar-refractivity contribution in [2.24, 2.45) is 0 Å². The van der Waals surface area contributed by atoms with Crippen LogP contribution >= 0.6 is 11.3 Å². The number of rotatable bonds is 5. The maximum atomic E-state index is 7.43. The SMILES string of the molecule is c1ccc(-c2ccc3oc4c(c3c2)N(c2ccc3c(c2)sc2ccccc23)c2cc(N(c3ccccc3)c3ccccc3)cc3c2B4c2cccc4c2N3c2cccc3c5ccccc5n-4c23)cc1. The highest BCUT2D eigenvalue weighted by Crippen LogP contribution is 2.55. The molecule has 13 aromatic rings. The third-order valence-electron chi connectivity index (χ3n) is 14.8. The highest BCUT2D eigenvalue weighted by molar-refractivity contribution is 7.25. The fourth-order valence-corrected chi connectivity index (χ4v) is 13.2. The van der Waals surface area contributed by atoms with Gasteiger partial charge in [-0.3, -0.25) is 0 Å². The molecule has 0 spiro atoms. The molecule has 3 aliphatic rings. The zero-order chi connectivity index (χ0) is 44.9. The largest absolute Gasteiger partial charge is 0.468 e.